The first-order chi connectivity index (χ1) is 28.8. The lowest BCUT2D eigenvalue weighted by Gasteiger charge is -2.56. The molecule has 1 saturated carbocycles. The summed E-state index contributed by atoms with van der Waals surface area (Å²) in [6, 6.07) is 18.8. The molecule has 3 N–H and O–H groups in total. The van der Waals surface area contributed by atoms with Gasteiger partial charge in [0.05, 0.1) is 16.0 Å². The first-order valence-electron chi connectivity index (χ1n) is 20.7. The SMILES string of the molecule is CC(C)c1ccccc1C1CCCN1C1CC2(CCN(c3cc(Oc4cnc5[nH]ccc5c4)c(C(=O)NS(=O)(=O)c4ccc(NCCN(C)C)c([N+](=O)[O-])c4)cn3)CC2)C1. The molecule has 0 bridgehead atoms. The monoisotopic (exact) mass is 835 g/mol. The number of likely N-dealkylation sites (N-methyl/N-ethyl adjacent to an activating group) is 1. The molecule has 5 aromatic rings. The number of nitrogens with zero attached hydrogens (tertiary/aromatic N) is 6. The van der Waals surface area contributed by atoms with Crippen LogP contribution >= 0.6 is 0 Å². The Hall–Kier alpha value is -5.58. The molecule has 15 nitrogen and oxygen atoms in total. The molecule has 3 aliphatic rings. The third-order valence-electron chi connectivity index (χ3n) is 12.5. The van der Waals surface area contributed by atoms with E-state index < -0.39 is 31.4 Å². The highest BCUT2D eigenvalue weighted by molar-refractivity contribution is 7.90. The van der Waals surface area contributed by atoms with E-state index in [9.17, 15) is 23.3 Å². The van der Waals surface area contributed by atoms with E-state index in [1.165, 1.54) is 61.3 Å². The molecule has 60 heavy (non-hydrogen) atoms. The van der Waals surface area contributed by atoms with Crippen LogP contribution in [0.15, 0.2) is 84.1 Å². The molecule has 3 aromatic heterocycles. The van der Waals surface area contributed by atoms with Gasteiger partial charge in [-0.05, 0) is 106 Å². The van der Waals surface area contributed by atoms with Gasteiger partial charge in [0, 0.05) is 68.2 Å². The number of rotatable bonds is 14. The molecule has 5 heterocycles. The minimum atomic E-state index is -4.56. The average molecular weight is 836 g/mol. The van der Waals surface area contributed by atoms with Gasteiger partial charge in [-0.15, -0.1) is 0 Å². The number of sulfonamides is 1. The number of benzene rings is 2. The number of hydrogen-bond acceptors (Lipinski definition) is 12. The summed E-state index contributed by atoms with van der Waals surface area (Å²) < 4.78 is 35.5. The Morgan fingerprint density at radius 3 is 2.58 bits per heavy atom. The summed E-state index contributed by atoms with van der Waals surface area (Å²) >= 11 is 0. The molecule has 3 fully saturated rings. The maximum absolute atomic E-state index is 13.8. The number of carbonyl (C=O) groups excluding carboxylic acids is 1. The Bertz CT molecular complexity index is 2490. The number of carbonyl (C=O) groups is 1. The lowest BCUT2D eigenvalue weighted by Crippen LogP contribution is -2.55. The predicted octanol–water partition coefficient (Wildman–Crippen LogP) is 7.46. The van der Waals surface area contributed by atoms with Crippen LogP contribution in [0.2, 0.25) is 0 Å². The van der Waals surface area contributed by atoms with Gasteiger partial charge in [-0.3, -0.25) is 19.8 Å². The molecule has 1 amide bonds. The maximum Gasteiger partial charge on any atom is 0.293 e. The zero-order valence-electron chi connectivity index (χ0n) is 34.6. The second-order valence-corrected chi connectivity index (χ2v) is 18.7. The zero-order valence-corrected chi connectivity index (χ0v) is 35.4. The average Bonchev–Trinajstić information content (AvgIpc) is 3.90. The number of fused-ring (bicyclic) bond motifs is 1. The van der Waals surface area contributed by atoms with Crippen molar-refractivity contribution >= 4 is 44.2 Å². The molecule has 1 unspecified atom stereocenters. The Kier molecular flexibility index (Phi) is 11.5. The van der Waals surface area contributed by atoms with E-state index in [4.69, 9.17) is 4.74 Å². The van der Waals surface area contributed by atoms with E-state index in [-0.39, 0.29) is 22.4 Å². The molecule has 2 saturated heterocycles. The third-order valence-corrected chi connectivity index (χ3v) is 13.8. The fourth-order valence-corrected chi connectivity index (χ4v) is 10.3. The van der Waals surface area contributed by atoms with E-state index in [2.05, 4.69) is 72.9 Å². The summed E-state index contributed by atoms with van der Waals surface area (Å²) in [5.74, 6) is 0.556. The summed E-state index contributed by atoms with van der Waals surface area (Å²) in [7, 11) is -0.815. The number of H-pyrrole nitrogens is 1. The molecule has 16 heteroatoms. The fraction of sp³-hybridized carbons (Fsp3) is 0.432. The van der Waals surface area contributed by atoms with E-state index in [0.29, 0.717) is 48.3 Å². The second kappa shape index (κ2) is 16.8. The maximum atomic E-state index is 13.8. The van der Waals surface area contributed by atoms with Gasteiger partial charge in [-0.25, -0.2) is 23.1 Å². The van der Waals surface area contributed by atoms with Gasteiger partial charge in [0.25, 0.3) is 21.6 Å². The molecular weight excluding hydrogens is 783 g/mol. The number of ether oxygens (including phenoxy) is 1. The first-order valence-corrected chi connectivity index (χ1v) is 22.2. The van der Waals surface area contributed by atoms with Crippen molar-refractivity contribution in [2.24, 2.45) is 5.41 Å². The van der Waals surface area contributed by atoms with Crippen LogP contribution in [0.3, 0.4) is 0 Å². The fourth-order valence-electron chi connectivity index (χ4n) is 9.28. The van der Waals surface area contributed by atoms with Crippen molar-refractivity contribution in [3.63, 3.8) is 0 Å². The molecule has 316 valence electrons. The minimum absolute atomic E-state index is 0.0987. The van der Waals surface area contributed by atoms with Crippen molar-refractivity contribution in [1.29, 1.82) is 0 Å². The molecule has 0 radical (unpaired) electrons. The van der Waals surface area contributed by atoms with Crippen molar-refractivity contribution in [3.05, 3.63) is 106 Å². The van der Waals surface area contributed by atoms with Crippen LogP contribution in [0.5, 0.6) is 11.5 Å². The van der Waals surface area contributed by atoms with E-state index in [0.717, 1.165) is 43.9 Å². The normalized spacial score (nSPS) is 18.3. The molecule has 2 aliphatic heterocycles. The van der Waals surface area contributed by atoms with Crippen molar-refractivity contribution in [1.82, 2.24) is 29.5 Å². The molecule has 1 aliphatic carbocycles. The van der Waals surface area contributed by atoms with Crippen molar-refractivity contribution in [2.45, 2.75) is 75.3 Å². The molecule has 8 rings (SSSR count). The van der Waals surface area contributed by atoms with Gasteiger partial charge in [-0.2, -0.15) is 0 Å². The Morgan fingerprint density at radius 2 is 1.83 bits per heavy atom. The predicted molar refractivity (Wildman–Crippen MR) is 231 cm³/mol. The Morgan fingerprint density at radius 1 is 1.05 bits per heavy atom. The Labute approximate surface area is 350 Å². The summed E-state index contributed by atoms with van der Waals surface area (Å²) in [5.41, 5.74) is 3.51. The second-order valence-electron chi connectivity index (χ2n) is 17.1. The molecule has 2 aromatic carbocycles. The van der Waals surface area contributed by atoms with Crippen LogP contribution in [0.1, 0.15) is 85.8 Å². The number of likely N-dealkylation sites (tertiary alicyclic amines) is 1. The molecule has 1 spiro atoms. The van der Waals surface area contributed by atoms with Gasteiger partial charge in [0.1, 0.15) is 34.2 Å². The highest BCUT2D eigenvalue weighted by Crippen LogP contribution is 2.54. The number of piperidine rings is 1. The number of nitro benzene ring substituents is 1. The standard InChI is InChI=1S/C44H53N9O6S/c1-29(2)34-8-5-6-9-35(34)38-10-7-18-52(38)31-25-44(26-31)14-19-51(20-15-44)41-24-40(59-32-22-30-13-16-46-42(30)48-27-32)36(28-47-41)43(54)49-60(57,58)33-11-12-37(39(23-33)53(55)56)45-17-21-50(3)4/h5-6,8-9,11-13,16,22-24,27-29,31,38,45H,7,10,14-15,17-21,25-26H2,1-4H3,(H,46,48)(H,49,54). The van der Waals surface area contributed by atoms with Crippen molar-refractivity contribution in [3.8, 4) is 11.5 Å². The van der Waals surface area contributed by atoms with Crippen LogP contribution in [-0.2, 0) is 10.0 Å². The van der Waals surface area contributed by atoms with Crippen molar-refractivity contribution < 1.29 is 22.9 Å². The number of amides is 1. The minimum Gasteiger partial charge on any atom is -0.455 e. The third kappa shape index (κ3) is 8.54. The van der Waals surface area contributed by atoms with Gasteiger partial charge in [0.15, 0.2) is 0 Å². The number of pyridine rings is 2. The number of hydrogen-bond donors (Lipinski definition) is 3. The van der Waals surface area contributed by atoms with E-state index in [1.54, 1.807) is 18.3 Å². The van der Waals surface area contributed by atoms with E-state index >= 15 is 0 Å². The number of nitrogens with one attached hydrogen (secondary N) is 3. The van der Waals surface area contributed by atoms with Crippen LogP contribution in [0.25, 0.3) is 11.0 Å². The quantitative estimate of drug-likeness (QED) is 0.0744. The van der Waals surface area contributed by atoms with Crippen LogP contribution in [0.4, 0.5) is 17.2 Å². The highest BCUT2D eigenvalue weighted by atomic mass is 32.2. The van der Waals surface area contributed by atoms with Crippen molar-refractivity contribution in [2.75, 3.05) is 57.0 Å². The largest absolute Gasteiger partial charge is 0.455 e. The number of aromatic nitrogens is 3. The molecule has 1 atom stereocenters. The number of anilines is 2. The lowest BCUT2D eigenvalue weighted by molar-refractivity contribution is -0.384. The summed E-state index contributed by atoms with van der Waals surface area (Å²) in [6.45, 7) is 8.29. The smallest absolute Gasteiger partial charge is 0.293 e. The molecular formula is C44H53N9O6S. The first kappa shape index (κ1) is 41.2. The summed E-state index contributed by atoms with van der Waals surface area (Å²) in [5, 5.41) is 15.7. The number of aromatic amines is 1. The zero-order chi connectivity index (χ0) is 42.2. The summed E-state index contributed by atoms with van der Waals surface area (Å²) in [6.07, 6.45) is 11.4. The van der Waals surface area contributed by atoms with E-state index in [1.807, 2.05) is 25.1 Å². The number of nitro groups is 1. The topological polar surface area (TPSA) is 179 Å². The van der Waals surface area contributed by atoms with Crippen LogP contribution in [-0.4, -0.2) is 96.9 Å². The van der Waals surface area contributed by atoms with Crippen LogP contribution in [0, 0.1) is 15.5 Å². The lowest BCUT2D eigenvalue weighted by atomic mass is 9.60. The van der Waals surface area contributed by atoms with Gasteiger partial charge >= 0.3 is 0 Å². The van der Waals surface area contributed by atoms with Crippen LogP contribution < -0.4 is 19.7 Å². The summed E-state index contributed by atoms with van der Waals surface area (Å²) in [4.78, 5) is 43.7. The highest BCUT2D eigenvalue weighted by Gasteiger charge is 2.50. The van der Waals surface area contributed by atoms with Gasteiger partial charge in [-0.1, -0.05) is 38.1 Å². The van der Waals surface area contributed by atoms with Gasteiger partial charge in [0.2, 0.25) is 0 Å². The Balaban J connectivity index is 0.983. The van der Waals surface area contributed by atoms with Gasteiger partial charge < -0.3 is 24.8 Å².